The Kier molecular flexibility index (Phi) is 6.16. The third-order valence-electron chi connectivity index (χ3n) is 4.10. The molecule has 0 aliphatic carbocycles. The number of anilines is 1. The Balaban J connectivity index is 2.04. The number of para-hydroxylation sites is 1. The number of hydrogen-bond acceptors (Lipinski definition) is 3. The standard InChI is InChI=1S/C18H27N3O2/c1-13(2)11-19-18(23)15-8-4-5-9-16(15)20-17(22)14-7-6-10-21(3)12-14/h4-5,8-9,13-14H,6-7,10-12H2,1-3H3,(H,19,23)(H,20,22)/t14-/m1/s1. The Morgan fingerprint density at radius 2 is 2.04 bits per heavy atom. The van der Waals surface area contributed by atoms with Crippen molar-refractivity contribution in [2.75, 3.05) is 32.0 Å². The van der Waals surface area contributed by atoms with Crippen LogP contribution in [0.25, 0.3) is 0 Å². The second-order valence-electron chi connectivity index (χ2n) is 6.74. The van der Waals surface area contributed by atoms with E-state index in [1.54, 1.807) is 12.1 Å². The summed E-state index contributed by atoms with van der Waals surface area (Å²) in [6, 6.07) is 7.18. The monoisotopic (exact) mass is 317 g/mol. The predicted octanol–water partition coefficient (Wildman–Crippen LogP) is 2.35. The molecule has 0 radical (unpaired) electrons. The van der Waals surface area contributed by atoms with Gasteiger partial charge in [0, 0.05) is 13.1 Å². The molecule has 2 amide bonds. The van der Waals surface area contributed by atoms with Crippen LogP contribution in [0.4, 0.5) is 5.69 Å². The van der Waals surface area contributed by atoms with E-state index in [1.165, 1.54) is 0 Å². The summed E-state index contributed by atoms with van der Waals surface area (Å²) in [6.07, 6.45) is 1.93. The topological polar surface area (TPSA) is 61.4 Å². The molecule has 0 aromatic heterocycles. The van der Waals surface area contributed by atoms with E-state index in [2.05, 4.69) is 15.5 Å². The first-order valence-electron chi connectivity index (χ1n) is 8.34. The van der Waals surface area contributed by atoms with Crippen LogP contribution in [0.3, 0.4) is 0 Å². The van der Waals surface area contributed by atoms with E-state index in [9.17, 15) is 9.59 Å². The maximum absolute atomic E-state index is 12.5. The number of nitrogens with zero attached hydrogens (tertiary/aromatic N) is 1. The summed E-state index contributed by atoms with van der Waals surface area (Å²) in [5.41, 5.74) is 1.11. The molecule has 1 aromatic carbocycles. The Labute approximate surface area is 138 Å². The van der Waals surface area contributed by atoms with Crippen molar-refractivity contribution in [1.29, 1.82) is 0 Å². The lowest BCUT2D eigenvalue weighted by Crippen LogP contribution is -2.38. The zero-order valence-corrected chi connectivity index (χ0v) is 14.3. The van der Waals surface area contributed by atoms with Gasteiger partial charge < -0.3 is 15.5 Å². The lowest BCUT2D eigenvalue weighted by Gasteiger charge is -2.28. The van der Waals surface area contributed by atoms with Crippen LogP contribution in [-0.2, 0) is 4.79 Å². The van der Waals surface area contributed by atoms with Crippen LogP contribution in [0.2, 0.25) is 0 Å². The van der Waals surface area contributed by atoms with Gasteiger partial charge in [0.25, 0.3) is 5.91 Å². The number of hydrogen-bond donors (Lipinski definition) is 2. The molecule has 1 aliphatic heterocycles. The Bertz CT molecular complexity index is 557. The summed E-state index contributed by atoms with van der Waals surface area (Å²) in [5.74, 6) is 0.232. The fraction of sp³-hybridized carbons (Fsp3) is 0.556. The van der Waals surface area contributed by atoms with Gasteiger partial charge in [0.15, 0.2) is 0 Å². The third kappa shape index (κ3) is 5.06. The van der Waals surface area contributed by atoms with Gasteiger partial charge in [0.2, 0.25) is 5.91 Å². The zero-order chi connectivity index (χ0) is 16.8. The van der Waals surface area contributed by atoms with Crippen LogP contribution in [0.15, 0.2) is 24.3 Å². The minimum atomic E-state index is -0.143. The molecule has 5 nitrogen and oxygen atoms in total. The number of rotatable bonds is 5. The van der Waals surface area contributed by atoms with Gasteiger partial charge in [-0.15, -0.1) is 0 Å². The van der Waals surface area contributed by atoms with Crippen LogP contribution < -0.4 is 10.6 Å². The van der Waals surface area contributed by atoms with Gasteiger partial charge in [-0.25, -0.2) is 0 Å². The molecular formula is C18H27N3O2. The number of piperidine rings is 1. The normalized spacial score (nSPS) is 18.7. The zero-order valence-electron chi connectivity index (χ0n) is 14.3. The average molecular weight is 317 g/mol. The average Bonchev–Trinajstić information content (AvgIpc) is 2.53. The smallest absolute Gasteiger partial charge is 0.253 e. The first-order chi connectivity index (χ1) is 11.0. The molecule has 2 N–H and O–H groups in total. The molecule has 23 heavy (non-hydrogen) atoms. The highest BCUT2D eigenvalue weighted by molar-refractivity contribution is 6.04. The van der Waals surface area contributed by atoms with Gasteiger partial charge >= 0.3 is 0 Å². The molecule has 0 spiro atoms. The van der Waals surface area contributed by atoms with E-state index >= 15 is 0 Å². The minimum absolute atomic E-state index is 0.000611. The molecule has 0 bridgehead atoms. The van der Waals surface area contributed by atoms with Gasteiger partial charge in [0.1, 0.15) is 0 Å². The molecular weight excluding hydrogens is 290 g/mol. The van der Waals surface area contributed by atoms with Crippen LogP contribution in [0.1, 0.15) is 37.0 Å². The largest absolute Gasteiger partial charge is 0.352 e. The summed E-state index contributed by atoms with van der Waals surface area (Å²) < 4.78 is 0. The van der Waals surface area contributed by atoms with Crippen molar-refractivity contribution in [2.24, 2.45) is 11.8 Å². The highest BCUT2D eigenvalue weighted by Crippen LogP contribution is 2.20. The van der Waals surface area contributed by atoms with Crippen LogP contribution in [0.5, 0.6) is 0 Å². The molecule has 1 fully saturated rings. The van der Waals surface area contributed by atoms with E-state index in [1.807, 2.05) is 33.0 Å². The third-order valence-corrected chi connectivity index (χ3v) is 4.10. The number of carbonyl (C=O) groups excluding carboxylic acids is 2. The van der Waals surface area contributed by atoms with Gasteiger partial charge in [-0.2, -0.15) is 0 Å². The van der Waals surface area contributed by atoms with Crippen molar-refractivity contribution in [3.05, 3.63) is 29.8 Å². The fourth-order valence-corrected chi connectivity index (χ4v) is 2.80. The number of carbonyl (C=O) groups is 2. The molecule has 2 rings (SSSR count). The van der Waals surface area contributed by atoms with Gasteiger partial charge in [-0.05, 0) is 44.5 Å². The number of likely N-dealkylation sites (tertiary alicyclic amines) is 1. The second kappa shape index (κ2) is 8.11. The van der Waals surface area contributed by atoms with Crippen molar-refractivity contribution in [3.63, 3.8) is 0 Å². The molecule has 1 atom stereocenters. The SMILES string of the molecule is CC(C)CNC(=O)c1ccccc1NC(=O)[C@@H]1CCCN(C)C1. The van der Waals surface area contributed by atoms with Crippen molar-refractivity contribution >= 4 is 17.5 Å². The molecule has 126 valence electrons. The molecule has 1 aliphatic rings. The number of nitrogens with one attached hydrogen (secondary N) is 2. The Hall–Kier alpha value is -1.88. The summed E-state index contributed by atoms with van der Waals surface area (Å²) in [5, 5.41) is 5.84. The lowest BCUT2D eigenvalue weighted by molar-refractivity contribution is -0.121. The molecule has 1 aromatic rings. The van der Waals surface area contributed by atoms with Crippen molar-refractivity contribution in [2.45, 2.75) is 26.7 Å². The van der Waals surface area contributed by atoms with E-state index < -0.39 is 0 Å². The summed E-state index contributed by atoms with van der Waals surface area (Å²) in [7, 11) is 2.03. The number of benzene rings is 1. The first-order valence-corrected chi connectivity index (χ1v) is 8.34. The lowest BCUT2D eigenvalue weighted by atomic mass is 9.97. The van der Waals surface area contributed by atoms with Gasteiger partial charge in [0.05, 0.1) is 17.2 Å². The van der Waals surface area contributed by atoms with E-state index in [0.717, 1.165) is 25.9 Å². The van der Waals surface area contributed by atoms with Crippen LogP contribution in [-0.4, -0.2) is 43.4 Å². The molecule has 5 heteroatoms. The van der Waals surface area contributed by atoms with Crippen molar-refractivity contribution < 1.29 is 9.59 Å². The minimum Gasteiger partial charge on any atom is -0.352 e. The van der Waals surface area contributed by atoms with Crippen LogP contribution in [0, 0.1) is 11.8 Å². The summed E-state index contributed by atoms with van der Waals surface area (Å²) >= 11 is 0. The Morgan fingerprint density at radius 1 is 1.30 bits per heavy atom. The highest BCUT2D eigenvalue weighted by atomic mass is 16.2. The highest BCUT2D eigenvalue weighted by Gasteiger charge is 2.25. The molecule has 0 saturated carbocycles. The maximum atomic E-state index is 12.5. The van der Waals surface area contributed by atoms with E-state index in [0.29, 0.717) is 23.7 Å². The Morgan fingerprint density at radius 3 is 2.74 bits per heavy atom. The molecule has 0 unspecified atom stereocenters. The maximum Gasteiger partial charge on any atom is 0.253 e. The van der Waals surface area contributed by atoms with Crippen molar-refractivity contribution in [3.8, 4) is 0 Å². The summed E-state index contributed by atoms with van der Waals surface area (Å²) in [4.78, 5) is 27.0. The van der Waals surface area contributed by atoms with Crippen LogP contribution >= 0.6 is 0 Å². The van der Waals surface area contributed by atoms with Gasteiger partial charge in [-0.1, -0.05) is 26.0 Å². The van der Waals surface area contributed by atoms with E-state index in [-0.39, 0.29) is 17.7 Å². The molecule has 1 saturated heterocycles. The fourth-order valence-electron chi connectivity index (χ4n) is 2.80. The van der Waals surface area contributed by atoms with Crippen molar-refractivity contribution in [1.82, 2.24) is 10.2 Å². The summed E-state index contributed by atoms with van der Waals surface area (Å²) in [6.45, 7) is 6.53. The molecule has 1 heterocycles. The number of amides is 2. The second-order valence-corrected chi connectivity index (χ2v) is 6.74. The quantitative estimate of drug-likeness (QED) is 0.876. The predicted molar refractivity (Wildman–Crippen MR) is 92.5 cm³/mol. The van der Waals surface area contributed by atoms with Gasteiger partial charge in [-0.3, -0.25) is 9.59 Å². The first kappa shape index (κ1) is 17.5. The van der Waals surface area contributed by atoms with E-state index in [4.69, 9.17) is 0 Å².